The first kappa shape index (κ1) is 16.2. The molecule has 1 heterocycles. The third-order valence-corrected chi connectivity index (χ3v) is 4.31. The van der Waals surface area contributed by atoms with E-state index in [1.54, 1.807) is 36.9 Å². The number of para-hydroxylation sites is 1. The van der Waals surface area contributed by atoms with Crippen LogP contribution in [0, 0.1) is 0 Å². The van der Waals surface area contributed by atoms with Gasteiger partial charge in [-0.2, -0.15) is 0 Å². The first-order valence-electron chi connectivity index (χ1n) is 7.09. The highest BCUT2D eigenvalue weighted by molar-refractivity contribution is 9.10. The Morgan fingerprint density at radius 2 is 2.00 bits per heavy atom. The van der Waals surface area contributed by atoms with Crippen molar-refractivity contribution in [3.05, 3.63) is 52.5 Å². The number of aryl methyl sites for hydroxylation is 1. The van der Waals surface area contributed by atoms with Crippen molar-refractivity contribution in [3.8, 4) is 11.6 Å². The molecular weight excluding hydrogens is 374 g/mol. The van der Waals surface area contributed by atoms with Crippen LogP contribution in [-0.2, 0) is 7.05 Å². The minimum Gasteiger partial charge on any atom is -0.496 e. The number of hydrogen-bond donors (Lipinski definition) is 1. The van der Waals surface area contributed by atoms with Crippen molar-refractivity contribution in [2.24, 2.45) is 17.3 Å². The lowest BCUT2D eigenvalue weighted by atomic mass is 10.2. The molecule has 0 aliphatic heterocycles. The summed E-state index contributed by atoms with van der Waals surface area (Å²) in [5.41, 5.74) is 1.45. The lowest BCUT2D eigenvalue weighted by molar-refractivity contribution is 0.0995. The smallest absolute Gasteiger partial charge is 0.295 e. The molecule has 122 valence electrons. The molecule has 3 aromatic rings. The van der Waals surface area contributed by atoms with E-state index in [1.165, 1.54) is 0 Å². The van der Waals surface area contributed by atoms with Gasteiger partial charge in [0.25, 0.3) is 5.91 Å². The quantitative estimate of drug-likeness (QED) is 0.668. The van der Waals surface area contributed by atoms with E-state index in [4.69, 9.17) is 4.74 Å². The van der Waals surface area contributed by atoms with E-state index in [0.717, 1.165) is 10.9 Å². The van der Waals surface area contributed by atoms with E-state index in [-0.39, 0.29) is 11.6 Å². The van der Waals surface area contributed by atoms with E-state index in [9.17, 15) is 9.90 Å². The minimum atomic E-state index is -0.509. The normalized spacial score (nSPS) is 11.3. The van der Waals surface area contributed by atoms with Crippen LogP contribution in [0.15, 0.2) is 57.2 Å². The lowest BCUT2D eigenvalue weighted by Crippen LogP contribution is -1.94. The lowest BCUT2D eigenvalue weighted by Gasteiger charge is -2.03. The van der Waals surface area contributed by atoms with Crippen LogP contribution in [0.5, 0.6) is 11.6 Å². The maximum Gasteiger partial charge on any atom is 0.295 e. The molecule has 0 atom stereocenters. The summed E-state index contributed by atoms with van der Waals surface area (Å²) in [5, 5.41) is 18.6. The highest BCUT2D eigenvalue weighted by Gasteiger charge is 2.14. The van der Waals surface area contributed by atoms with Gasteiger partial charge in [-0.15, -0.1) is 10.2 Å². The SMILES string of the molecule is COc1ccc(C(=O)N=Nc2c(O)n(C)c3ccccc23)cc1Br. The van der Waals surface area contributed by atoms with E-state index in [1.807, 2.05) is 24.3 Å². The number of halogens is 1. The Balaban J connectivity index is 1.95. The molecule has 1 aromatic heterocycles. The number of aromatic hydroxyl groups is 1. The van der Waals surface area contributed by atoms with Crippen molar-refractivity contribution in [2.75, 3.05) is 7.11 Å². The van der Waals surface area contributed by atoms with Gasteiger partial charge in [-0.25, -0.2) is 0 Å². The fourth-order valence-electron chi connectivity index (χ4n) is 2.41. The predicted molar refractivity (Wildman–Crippen MR) is 94.1 cm³/mol. The largest absolute Gasteiger partial charge is 0.496 e. The van der Waals surface area contributed by atoms with Crippen molar-refractivity contribution in [3.63, 3.8) is 0 Å². The third-order valence-electron chi connectivity index (χ3n) is 3.69. The second-order valence-electron chi connectivity index (χ2n) is 5.10. The van der Waals surface area contributed by atoms with Gasteiger partial charge in [-0.3, -0.25) is 4.79 Å². The third kappa shape index (κ3) is 2.78. The Morgan fingerprint density at radius 1 is 1.25 bits per heavy atom. The van der Waals surface area contributed by atoms with Gasteiger partial charge < -0.3 is 14.4 Å². The Morgan fingerprint density at radius 3 is 2.71 bits per heavy atom. The minimum absolute atomic E-state index is 0.0383. The van der Waals surface area contributed by atoms with Crippen LogP contribution in [-0.4, -0.2) is 22.7 Å². The van der Waals surface area contributed by atoms with Gasteiger partial charge in [0.15, 0.2) is 5.69 Å². The number of fused-ring (bicyclic) bond motifs is 1. The summed E-state index contributed by atoms with van der Waals surface area (Å²) < 4.78 is 7.37. The Kier molecular flexibility index (Phi) is 4.35. The zero-order valence-corrected chi connectivity index (χ0v) is 14.6. The molecule has 0 bridgehead atoms. The maximum absolute atomic E-state index is 12.2. The molecule has 7 heteroatoms. The number of methoxy groups -OCH3 is 1. The number of amides is 1. The molecule has 0 saturated carbocycles. The topological polar surface area (TPSA) is 76.2 Å². The fourth-order valence-corrected chi connectivity index (χ4v) is 2.95. The molecule has 1 amide bonds. The van der Waals surface area contributed by atoms with Gasteiger partial charge in [-0.1, -0.05) is 18.2 Å². The molecule has 0 unspecified atom stereocenters. The summed E-state index contributed by atoms with van der Waals surface area (Å²) in [4.78, 5) is 12.2. The number of rotatable bonds is 3. The molecule has 0 spiro atoms. The molecule has 0 aliphatic carbocycles. The second-order valence-corrected chi connectivity index (χ2v) is 5.96. The van der Waals surface area contributed by atoms with Crippen molar-refractivity contribution in [1.82, 2.24) is 4.57 Å². The van der Waals surface area contributed by atoms with Gasteiger partial charge in [0.05, 0.1) is 17.1 Å². The van der Waals surface area contributed by atoms with Crippen LogP contribution >= 0.6 is 15.9 Å². The van der Waals surface area contributed by atoms with Crippen molar-refractivity contribution in [2.45, 2.75) is 0 Å². The number of carbonyl (C=O) groups is 1. The zero-order valence-electron chi connectivity index (χ0n) is 13.0. The number of benzene rings is 2. The molecule has 0 saturated heterocycles. The highest BCUT2D eigenvalue weighted by atomic mass is 79.9. The van der Waals surface area contributed by atoms with Crippen LogP contribution in [0.3, 0.4) is 0 Å². The van der Waals surface area contributed by atoms with Gasteiger partial charge in [0.1, 0.15) is 5.75 Å². The number of ether oxygens (including phenoxy) is 1. The van der Waals surface area contributed by atoms with Gasteiger partial charge >= 0.3 is 0 Å². The molecule has 1 N–H and O–H groups in total. The molecule has 2 aromatic carbocycles. The molecule has 0 fully saturated rings. The van der Waals surface area contributed by atoms with Crippen molar-refractivity contribution in [1.29, 1.82) is 0 Å². The van der Waals surface area contributed by atoms with Crippen LogP contribution < -0.4 is 4.74 Å². The van der Waals surface area contributed by atoms with E-state index in [2.05, 4.69) is 26.2 Å². The maximum atomic E-state index is 12.2. The van der Waals surface area contributed by atoms with Crippen LogP contribution in [0.4, 0.5) is 5.69 Å². The Hall–Kier alpha value is -2.67. The standard InChI is InChI=1S/C17H14BrN3O3/c1-21-13-6-4-3-5-11(13)15(17(21)23)19-20-16(22)10-7-8-14(24-2)12(18)9-10/h3-9,23H,1-2H3. The van der Waals surface area contributed by atoms with Gasteiger partial charge in [0.2, 0.25) is 5.88 Å². The summed E-state index contributed by atoms with van der Waals surface area (Å²) in [6, 6.07) is 12.3. The number of aromatic nitrogens is 1. The number of carbonyl (C=O) groups excluding carboxylic acids is 1. The summed E-state index contributed by atoms with van der Waals surface area (Å²) in [6.45, 7) is 0. The summed E-state index contributed by atoms with van der Waals surface area (Å²) in [6.07, 6.45) is 0. The summed E-state index contributed by atoms with van der Waals surface area (Å²) in [7, 11) is 3.27. The monoisotopic (exact) mass is 387 g/mol. The van der Waals surface area contributed by atoms with Crippen molar-refractivity contribution >= 4 is 38.4 Å². The molecule has 0 aliphatic rings. The number of azo groups is 1. The second kappa shape index (κ2) is 6.45. The number of hydrogen-bond acceptors (Lipinski definition) is 4. The Bertz CT molecular complexity index is 963. The van der Waals surface area contributed by atoms with Crippen molar-refractivity contribution < 1.29 is 14.6 Å². The summed E-state index contributed by atoms with van der Waals surface area (Å²) in [5.74, 6) is 0.0736. The van der Waals surface area contributed by atoms with Gasteiger partial charge in [0, 0.05) is 18.0 Å². The molecule has 24 heavy (non-hydrogen) atoms. The highest BCUT2D eigenvalue weighted by Crippen LogP contribution is 2.37. The van der Waals surface area contributed by atoms with E-state index >= 15 is 0 Å². The van der Waals surface area contributed by atoms with Crippen LogP contribution in [0.2, 0.25) is 0 Å². The molecule has 3 rings (SSSR count). The summed E-state index contributed by atoms with van der Waals surface area (Å²) >= 11 is 3.33. The molecule has 0 radical (unpaired) electrons. The van der Waals surface area contributed by atoms with Crippen LogP contribution in [0.1, 0.15) is 10.4 Å². The van der Waals surface area contributed by atoms with E-state index < -0.39 is 5.91 Å². The van der Waals surface area contributed by atoms with Gasteiger partial charge in [-0.05, 0) is 40.2 Å². The average molecular weight is 388 g/mol. The van der Waals surface area contributed by atoms with Crippen LogP contribution in [0.25, 0.3) is 10.9 Å². The first-order valence-corrected chi connectivity index (χ1v) is 7.88. The molecule has 6 nitrogen and oxygen atoms in total. The molecular formula is C17H14BrN3O3. The van der Waals surface area contributed by atoms with E-state index in [0.29, 0.717) is 15.8 Å². The Labute approximate surface area is 146 Å². The first-order chi connectivity index (χ1) is 11.5. The predicted octanol–water partition coefficient (Wildman–Crippen LogP) is 4.58. The average Bonchev–Trinajstić information content (AvgIpc) is 2.84. The zero-order chi connectivity index (χ0) is 17.3. The number of nitrogens with zero attached hydrogens (tertiary/aromatic N) is 3. The fraction of sp³-hybridized carbons (Fsp3) is 0.118.